The summed E-state index contributed by atoms with van der Waals surface area (Å²) < 4.78 is 29.1. The molecule has 0 saturated heterocycles. The molecule has 0 radical (unpaired) electrons. The van der Waals surface area contributed by atoms with Crippen LogP contribution in [0.4, 0.5) is 14.5 Å². The van der Waals surface area contributed by atoms with Crippen LogP contribution in [0.5, 0.6) is 0 Å². The predicted octanol–water partition coefficient (Wildman–Crippen LogP) is 4.13. The van der Waals surface area contributed by atoms with Gasteiger partial charge in [0.05, 0.1) is 24.6 Å². The van der Waals surface area contributed by atoms with Crippen molar-refractivity contribution in [1.82, 2.24) is 24.4 Å². The van der Waals surface area contributed by atoms with E-state index >= 15 is 0 Å². The molecule has 148 valence electrons. The number of benzene rings is 1. The van der Waals surface area contributed by atoms with Gasteiger partial charge in [-0.25, -0.2) is 18.3 Å². The number of carbonyl (C=O) groups excluding carboxylic acids is 1. The van der Waals surface area contributed by atoms with Gasteiger partial charge in [0, 0.05) is 16.9 Å². The van der Waals surface area contributed by atoms with Crippen molar-refractivity contribution >= 4 is 28.8 Å². The Kier molecular flexibility index (Phi) is 4.98. The zero-order valence-corrected chi connectivity index (χ0v) is 15.9. The van der Waals surface area contributed by atoms with Gasteiger partial charge in [0.25, 0.3) is 12.3 Å². The zero-order chi connectivity index (χ0) is 20.5. The van der Waals surface area contributed by atoms with E-state index in [-0.39, 0.29) is 16.9 Å². The number of hydrogen-bond acceptors (Lipinski definition) is 4. The van der Waals surface area contributed by atoms with Crippen LogP contribution in [-0.2, 0) is 6.54 Å². The first-order valence-corrected chi connectivity index (χ1v) is 9.00. The lowest BCUT2D eigenvalue weighted by atomic mass is 10.2. The number of nitrogens with zero attached hydrogens (tertiary/aromatic N) is 5. The van der Waals surface area contributed by atoms with Crippen LogP contribution < -0.4 is 5.32 Å². The summed E-state index contributed by atoms with van der Waals surface area (Å²) in [7, 11) is 0. The summed E-state index contributed by atoms with van der Waals surface area (Å²) in [6.07, 6.45) is 1.66. The fourth-order valence-corrected chi connectivity index (χ4v) is 3.04. The third-order valence-electron chi connectivity index (χ3n) is 4.24. The van der Waals surface area contributed by atoms with Crippen LogP contribution in [0.3, 0.4) is 0 Å². The van der Waals surface area contributed by atoms with Crippen molar-refractivity contribution in [2.75, 3.05) is 5.32 Å². The van der Waals surface area contributed by atoms with E-state index in [1.165, 1.54) is 18.5 Å². The SMILES string of the molecule is Cc1cc(C(F)F)n2ncc(C(=O)Nc3cnn(Cc4ccc(Cl)cc4)c3)c2n1. The van der Waals surface area contributed by atoms with Gasteiger partial charge in [0.15, 0.2) is 5.65 Å². The second-order valence-electron chi connectivity index (χ2n) is 6.42. The number of halogens is 3. The second kappa shape index (κ2) is 7.59. The van der Waals surface area contributed by atoms with Crippen LogP contribution in [0, 0.1) is 6.92 Å². The molecule has 3 heterocycles. The van der Waals surface area contributed by atoms with Gasteiger partial charge in [-0.05, 0) is 30.7 Å². The maximum atomic E-state index is 13.2. The van der Waals surface area contributed by atoms with Gasteiger partial charge >= 0.3 is 0 Å². The van der Waals surface area contributed by atoms with E-state index in [0.29, 0.717) is 22.9 Å². The third kappa shape index (κ3) is 3.95. The number of aryl methyl sites for hydroxylation is 1. The van der Waals surface area contributed by atoms with Crippen LogP contribution in [-0.4, -0.2) is 30.3 Å². The average Bonchev–Trinajstić information content (AvgIpc) is 3.29. The van der Waals surface area contributed by atoms with Gasteiger partial charge in [0.1, 0.15) is 11.3 Å². The molecule has 0 fully saturated rings. The van der Waals surface area contributed by atoms with E-state index in [0.717, 1.165) is 10.1 Å². The van der Waals surface area contributed by atoms with E-state index in [2.05, 4.69) is 20.5 Å². The van der Waals surface area contributed by atoms with E-state index in [1.807, 2.05) is 12.1 Å². The number of hydrogen-bond donors (Lipinski definition) is 1. The van der Waals surface area contributed by atoms with E-state index in [9.17, 15) is 13.6 Å². The quantitative estimate of drug-likeness (QED) is 0.530. The molecule has 0 aliphatic carbocycles. The molecule has 1 N–H and O–H groups in total. The number of fused-ring (bicyclic) bond motifs is 1. The molecule has 0 atom stereocenters. The van der Waals surface area contributed by atoms with Crippen molar-refractivity contribution in [3.05, 3.63) is 76.5 Å². The molecular weight excluding hydrogens is 402 g/mol. The van der Waals surface area contributed by atoms with E-state index in [4.69, 9.17) is 11.6 Å². The average molecular weight is 417 g/mol. The van der Waals surface area contributed by atoms with Crippen molar-refractivity contribution in [2.24, 2.45) is 0 Å². The fourth-order valence-electron chi connectivity index (χ4n) is 2.92. The number of alkyl halides is 2. The highest BCUT2D eigenvalue weighted by atomic mass is 35.5. The molecule has 0 aliphatic heterocycles. The summed E-state index contributed by atoms with van der Waals surface area (Å²) in [5.41, 5.74) is 1.69. The Labute approximate surface area is 168 Å². The summed E-state index contributed by atoms with van der Waals surface area (Å²) in [5.74, 6) is -0.510. The Bertz CT molecular complexity index is 1190. The second-order valence-corrected chi connectivity index (χ2v) is 6.86. The van der Waals surface area contributed by atoms with Gasteiger partial charge in [-0.15, -0.1) is 0 Å². The number of aromatic nitrogens is 5. The number of amides is 1. The molecule has 0 saturated carbocycles. The summed E-state index contributed by atoms with van der Waals surface area (Å²) in [6, 6.07) is 8.59. The normalized spacial score (nSPS) is 11.3. The van der Waals surface area contributed by atoms with Gasteiger partial charge in [-0.1, -0.05) is 23.7 Å². The monoisotopic (exact) mass is 416 g/mol. The van der Waals surface area contributed by atoms with Crippen molar-refractivity contribution < 1.29 is 13.6 Å². The molecule has 1 aromatic carbocycles. The van der Waals surface area contributed by atoms with Gasteiger partial charge in [0.2, 0.25) is 0 Å². The van der Waals surface area contributed by atoms with Gasteiger partial charge < -0.3 is 5.32 Å². The highest BCUT2D eigenvalue weighted by Crippen LogP contribution is 2.22. The highest BCUT2D eigenvalue weighted by Gasteiger charge is 2.20. The van der Waals surface area contributed by atoms with Crippen LogP contribution in [0.15, 0.2) is 48.9 Å². The molecule has 0 bridgehead atoms. The van der Waals surface area contributed by atoms with Crippen molar-refractivity contribution in [3.63, 3.8) is 0 Å². The van der Waals surface area contributed by atoms with Crippen LogP contribution in [0.1, 0.15) is 33.7 Å². The summed E-state index contributed by atoms with van der Waals surface area (Å²) in [5, 5.41) is 11.5. The number of carbonyl (C=O) groups is 1. The zero-order valence-electron chi connectivity index (χ0n) is 15.2. The summed E-state index contributed by atoms with van der Waals surface area (Å²) in [6.45, 7) is 2.09. The molecule has 7 nitrogen and oxygen atoms in total. The number of anilines is 1. The minimum atomic E-state index is -2.74. The first kappa shape index (κ1) is 19.0. The predicted molar refractivity (Wildman–Crippen MR) is 103 cm³/mol. The topological polar surface area (TPSA) is 77.1 Å². The molecule has 1 amide bonds. The maximum Gasteiger partial charge on any atom is 0.280 e. The van der Waals surface area contributed by atoms with Crippen LogP contribution >= 0.6 is 11.6 Å². The maximum absolute atomic E-state index is 13.2. The third-order valence-corrected chi connectivity index (χ3v) is 4.50. The van der Waals surface area contributed by atoms with Gasteiger partial charge in [-0.2, -0.15) is 10.2 Å². The Morgan fingerprint density at radius 1 is 1.21 bits per heavy atom. The Morgan fingerprint density at radius 2 is 1.97 bits per heavy atom. The molecule has 3 aromatic heterocycles. The molecule has 4 aromatic rings. The highest BCUT2D eigenvalue weighted by molar-refractivity contribution is 6.30. The van der Waals surface area contributed by atoms with Crippen LogP contribution in [0.25, 0.3) is 5.65 Å². The van der Waals surface area contributed by atoms with E-state index in [1.54, 1.807) is 29.9 Å². The molecular formula is C19H15ClF2N6O. The standard InChI is InChI=1S/C19H15ClF2N6O/c1-11-6-16(17(21)22)28-18(25-11)15(8-24-28)19(29)26-14-7-23-27(10-14)9-12-2-4-13(20)5-3-12/h2-8,10,17H,9H2,1H3,(H,26,29). The minimum Gasteiger partial charge on any atom is -0.319 e. The fraction of sp³-hybridized carbons (Fsp3) is 0.158. The molecule has 0 unspecified atom stereocenters. The Morgan fingerprint density at radius 3 is 2.69 bits per heavy atom. The van der Waals surface area contributed by atoms with Crippen molar-refractivity contribution in [3.8, 4) is 0 Å². The largest absolute Gasteiger partial charge is 0.319 e. The van der Waals surface area contributed by atoms with E-state index < -0.39 is 12.3 Å². The first-order valence-electron chi connectivity index (χ1n) is 8.62. The molecule has 29 heavy (non-hydrogen) atoms. The molecule has 10 heteroatoms. The Balaban J connectivity index is 1.54. The number of nitrogens with one attached hydrogen (secondary N) is 1. The lowest BCUT2D eigenvalue weighted by Crippen LogP contribution is -2.12. The summed E-state index contributed by atoms with van der Waals surface area (Å²) in [4.78, 5) is 16.8. The van der Waals surface area contributed by atoms with Crippen molar-refractivity contribution in [2.45, 2.75) is 19.9 Å². The number of rotatable bonds is 5. The van der Waals surface area contributed by atoms with Crippen LogP contribution in [0.2, 0.25) is 5.02 Å². The molecule has 0 aliphatic rings. The van der Waals surface area contributed by atoms with Crippen molar-refractivity contribution in [1.29, 1.82) is 0 Å². The van der Waals surface area contributed by atoms with Gasteiger partial charge in [-0.3, -0.25) is 9.48 Å². The first-order chi connectivity index (χ1) is 13.9. The lowest BCUT2D eigenvalue weighted by molar-refractivity contribution is 0.102. The smallest absolute Gasteiger partial charge is 0.280 e. The Hall–Kier alpha value is -3.33. The lowest BCUT2D eigenvalue weighted by Gasteiger charge is -2.06. The molecule has 4 rings (SSSR count). The molecule has 0 spiro atoms. The summed E-state index contributed by atoms with van der Waals surface area (Å²) >= 11 is 5.88. The minimum absolute atomic E-state index is 0.0753.